The van der Waals surface area contributed by atoms with E-state index in [9.17, 15) is 0 Å². The molecule has 20 heavy (non-hydrogen) atoms. The lowest BCUT2D eigenvalue weighted by Crippen LogP contribution is -2.48. The van der Waals surface area contributed by atoms with Crippen molar-refractivity contribution in [1.29, 1.82) is 0 Å². The molecule has 2 nitrogen and oxygen atoms in total. The van der Waals surface area contributed by atoms with Crippen molar-refractivity contribution in [3.8, 4) is 0 Å². The van der Waals surface area contributed by atoms with E-state index in [4.69, 9.17) is 0 Å². The molecule has 0 radical (unpaired) electrons. The lowest BCUT2D eigenvalue weighted by Gasteiger charge is -2.38. The minimum atomic E-state index is 0.754. The molecule has 0 N–H and O–H groups in total. The Kier molecular flexibility index (Phi) is 5.91. The zero-order chi connectivity index (χ0) is 14.5. The highest BCUT2D eigenvalue weighted by atomic mass is 79.9. The van der Waals surface area contributed by atoms with Gasteiger partial charge in [0.1, 0.15) is 0 Å². The molecule has 0 saturated carbocycles. The molecular formula is C17H27BrN2. The Morgan fingerprint density at radius 2 is 1.85 bits per heavy atom. The highest BCUT2D eigenvalue weighted by Gasteiger charge is 2.21. The number of rotatable bonds is 5. The van der Waals surface area contributed by atoms with Gasteiger partial charge in [-0.25, -0.2) is 0 Å². The quantitative estimate of drug-likeness (QED) is 0.753. The molecule has 0 aromatic heterocycles. The summed E-state index contributed by atoms with van der Waals surface area (Å²) in [5, 5.41) is 1.11. The molecule has 0 aliphatic carbocycles. The number of hydrogen-bond donors (Lipinski definition) is 0. The molecule has 1 fully saturated rings. The first-order valence-corrected chi connectivity index (χ1v) is 8.82. The minimum absolute atomic E-state index is 0.754. The third kappa shape index (κ3) is 4.23. The fourth-order valence-corrected chi connectivity index (χ4v) is 3.74. The lowest BCUT2D eigenvalue weighted by molar-refractivity contribution is 0.204. The molecule has 0 spiro atoms. The van der Waals surface area contributed by atoms with Crippen LogP contribution in [-0.2, 0) is 0 Å². The van der Waals surface area contributed by atoms with Crippen molar-refractivity contribution < 1.29 is 0 Å². The van der Waals surface area contributed by atoms with E-state index in [0.717, 1.165) is 30.3 Å². The van der Waals surface area contributed by atoms with Crippen LogP contribution >= 0.6 is 15.9 Å². The molecular weight excluding hydrogens is 312 g/mol. The molecule has 1 aliphatic rings. The van der Waals surface area contributed by atoms with Crippen molar-refractivity contribution in [1.82, 2.24) is 4.90 Å². The largest absolute Gasteiger partial charge is 0.369 e. The number of aryl methyl sites for hydroxylation is 1. The van der Waals surface area contributed by atoms with Gasteiger partial charge in [0.15, 0.2) is 0 Å². The van der Waals surface area contributed by atoms with Gasteiger partial charge in [-0.2, -0.15) is 0 Å². The van der Waals surface area contributed by atoms with E-state index in [2.05, 4.69) is 70.8 Å². The first-order valence-electron chi connectivity index (χ1n) is 7.70. The van der Waals surface area contributed by atoms with Crippen molar-refractivity contribution in [2.75, 3.05) is 43.0 Å². The van der Waals surface area contributed by atoms with E-state index >= 15 is 0 Å². The molecule has 3 heteroatoms. The molecule has 1 heterocycles. The van der Waals surface area contributed by atoms with E-state index < -0.39 is 0 Å². The first-order chi connectivity index (χ1) is 9.60. The summed E-state index contributed by atoms with van der Waals surface area (Å²) >= 11 is 3.66. The number of alkyl halides is 1. The van der Waals surface area contributed by atoms with E-state index in [1.54, 1.807) is 0 Å². The van der Waals surface area contributed by atoms with Gasteiger partial charge in [0.2, 0.25) is 0 Å². The Morgan fingerprint density at radius 3 is 2.40 bits per heavy atom. The van der Waals surface area contributed by atoms with Crippen LogP contribution in [-0.4, -0.2) is 43.0 Å². The molecule has 1 atom stereocenters. The van der Waals surface area contributed by atoms with E-state index in [1.165, 1.54) is 30.9 Å². The Hall–Kier alpha value is -0.540. The van der Waals surface area contributed by atoms with Crippen molar-refractivity contribution in [2.24, 2.45) is 11.8 Å². The van der Waals surface area contributed by atoms with Crippen LogP contribution in [0, 0.1) is 18.8 Å². The molecule has 1 unspecified atom stereocenters. The Bertz CT molecular complexity index is 411. The van der Waals surface area contributed by atoms with Crippen LogP contribution in [0.3, 0.4) is 0 Å². The third-order valence-corrected chi connectivity index (χ3v) is 5.20. The first kappa shape index (κ1) is 15.8. The third-order valence-electron chi connectivity index (χ3n) is 4.37. The maximum absolute atomic E-state index is 3.66. The van der Waals surface area contributed by atoms with Gasteiger partial charge in [0.25, 0.3) is 0 Å². The van der Waals surface area contributed by atoms with Gasteiger partial charge in [0.05, 0.1) is 0 Å². The predicted molar refractivity (Wildman–Crippen MR) is 92.0 cm³/mol. The second-order valence-corrected chi connectivity index (χ2v) is 6.93. The summed E-state index contributed by atoms with van der Waals surface area (Å²) in [6, 6.07) is 8.86. The summed E-state index contributed by atoms with van der Waals surface area (Å²) in [6.45, 7) is 12.7. The topological polar surface area (TPSA) is 6.48 Å². The molecule has 112 valence electrons. The van der Waals surface area contributed by atoms with Crippen molar-refractivity contribution in [3.63, 3.8) is 0 Å². The van der Waals surface area contributed by atoms with Crippen LogP contribution in [0.25, 0.3) is 0 Å². The molecule has 1 aliphatic heterocycles. The number of anilines is 1. The van der Waals surface area contributed by atoms with Crippen LogP contribution in [0.2, 0.25) is 0 Å². The summed E-state index contributed by atoms with van der Waals surface area (Å²) in [5.74, 6) is 1.52. The Morgan fingerprint density at radius 1 is 1.15 bits per heavy atom. The van der Waals surface area contributed by atoms with Gasteiger partial charge >= 0.3 is 0 Å². The standard InChI is InChI=1S/C17H27BrN2/c1-14(2)16(12-18)13-19-7-9-20(10-8-19)17-6-4-5-15(3)11-17/h4-6,11,14,16H,7-10,12-13H2,1-3H3. The average molecular weight is 339 g/mol. The predicted octanol–water partition coefficient (Wildman–Crippen LogP) is 3.78. The van der Waals surface area contributed by atoms with E-state index in [1.807, 2.05) is 0 Å². The zero-order valence-corrected chi connectivity index (χ0v) is 14.6. The van der Waals surface area contributed by atoms with Gasteiger partial charge in [-0.3, -0.25) is 4.90 Å². The van der Waals surface area contributed by atoms with E-state index in [0.29, 0.717) is 0 Å². The maximum atomic E-state index is 3.66. The Labute approximate surface area is 132 Å². The highest BCUT2D eigenvalue weighted by Crippen LogP contribution is 2.20. The number of benzene rings is 1. The van der Waals surface area contributed by atoms with Gasteiger partial charge in [-0.15, -0.1) is 0 Å². The van der Waals surface area contributed by atoms with Crippen LogP contribution in [0.15, 0.2) is 24.3 Å². The molecule has 0 bridgehead atoms. The van der Waals surface area contributed by atoms with E-state index in [-0.39, 0.29) is 0 Å². The van der Waals surface area contributed by atoms with Crippen LogP contribution < -0.4 is 4.90 Å². The monoisotopic (exact) mass is 338 g/mol. The number of halogens is 1. The van der Waals surface area contributed by atoms with Gasteiger partial charge in [0, 0.05) is 43.7 Å². The van der Waals surface area contributed by atoms with Gasteiger partial charge in [-0.05, 0) is 36.5 Å². The van der Waals surface area contributed by atoms with Crippen LogP contribution in [0.4, 0.5) is 5.69 Å². The number of nitrogens with zero attached hydrogens (tertiary/aromatic N) is 2. The summed E-state index contributed by atoms with van der Waals surface area (Å²) < 4.78 is 0. The van der Waals surface area contributed by atoms with Crippen molar-refractivity contribution in [2.45, 2.75) is 20.8 Å². The molecule has 1 saturated heterocycles. The second-order valence-electron chi connectivity index (χ2n) is 6.29. The summed E-state index contributed by atoms with van der Waals surface area (Å²) in [4.78, 5) is 5.14. The second kappa shape index (κ2) is 7.46. The average Bonchev–Trinajstić information content (AvgIpc) is 2.45. The smallest absolute Gasteiger partial charge is 0.0369 e. The normalized spacial score (nSPS) is 18.6. The number of hydrogen-bond acceptors (Lipinski definition) is 2. The highest BCUT2D eigenvalue weighted by molar-refractivity contribution is 9.09. The summed E-state index contributed by atoms with van der Waals surface area (Å²) in [7, 11) is 0. The maximum Gasteiger partial charge on any atom is 0.0369 e. The SMILES string of the molecule is Cc1cccc(N2CCN(CC(CBr)C(C)C)CC2)c1. The minimum Gasteiger partial charge on any atom is -0.369 e. The molecule has 0 amide bonds. The van der Waals surface area contributed by atoms with Gasteiger partial charge < -0.3 is 4.90 Å². The summed E-state index contributed by atoms with van der Waals surface area (Å²) in [6.07, 6.45) is 0. The van der Waals surface area contributed by atoms with Crippen molar-refractivity contribution in [3.05, 3.63) is 29.8 Å². The number of piperazine rings is 1. The van der Waals surface area contributed by atoms with Crippen LogP contribution in [0.1, 0.15) is 19.4 Å². The lowest BCUT2D eigenvalue weighted by atomic mass is 9.97. The molecule has 2 rings (SSSR count). The summed E-state index contributed by atoms with van der Waals surface area (Å²) in [5.41, 5.74) is 2.73. The molecule has 1 aromatic rings. The Balaban J connectivity index is 1.86. The van der Waals surface area contributed by atoms with Crippen LogP contribution in [0.5, 0.6) is 0 Å². The zero-order valence-electron chi connectivity index (χ0n) is 13.0. The van der Waals surface area contributed by atoms with Gasteiger partial charge in [-0.1, -0.05) is 41.9 Å². The fourth-order valence-electron chi connectivity index (χ4n) is 2.78. The van der Waals surface area contributed by atoms with Crippen molar-refractivity contribution >= 4 is 21.6 Å². The molecule has 1 aromatic carbocycles. The fraction of sp³-hybridized carbons (Fsp3) is 0.647.